The van der Waals surface area contributed by atoms with E-state index in [1.807, 2.05) is 0 Å². The Hall–Kier alpha value is -1.37. The summed E-state index contributed by atoms with van der Waals surface area (Å²) in [5.74, 6) is 0.216. The van der Waals surface area contributed by atoms with Crippen LogP contribution in [0.15, 0.2) is 18.2 Å². The Morgan fingerprint density at radius 1 is 1.53 bits per heavy atom. The van der Waals surface area contributed by atoms with Crippen LogP contribution >= 0.6 is 11.6 Å². The quantitative estimate of drug-likeness (QED) is 0.623. The molecule has 92 valence electrons. The van der Waals surface area contributed by atoms with Crippen LogP contribution in [-0.4, -0.2) is 35.3 Å². The molecule has 2 N–H and O–H groups in total. The summed E-state index contributed by atoms with van der Waals surface area (Å²) in [6, 6.07) is 3.97. The van der Waals surface area contributed by atoms with Crippen molar-refractivity contribution in [2.75, 3.05) is 13.1 Å². The van der Waals surface area contributed by atoms with Crippen LogP contribution in [0.3, 0.4) is 0 Å². The van der Waals surface area contributed by atoms with E-state index in [1.165, 1.54) is 18.2 Å². The zero-order chi connectivity index (χ0) is 12.4. The normalized spacial score (nSPS) is 23.6. The molecule has 0 radical (unpaired) electrons. The molecule has 0 amide bonds. The highest BCUT2D eigenvalue weighted by molar-refractivity contribution is 6.32. The van der Waals surface area contributed by atoms with Crippen molar-refractivity contribution in [3.8, 4) is 5.75 Å². The van der Waals surface area contributed by atoms with E-state index in [2.05, 4.69) is 5.32 Å². The Morgan fingerprint density at radius 2 is 2.29 bits per heavy atom. The number of nitrogens with one attached hydrogen (secondary N) is 1. The third-order valence-electron chi connectivity index (χ3n) is 2.53. The van der Waals surface area contributed by atoms with Crippen molar-refractivity contribution >= 4 is 17.3 Å². The summed E-state index contributed by atoms with van der Waals surface area (Å²) >= 11 is 5.88. The first kappa shape index (κ1) is 12.1. The summed E-state index contributed by atoms with van der Waals surface area (Å²) in [6.45, 7) is 0.928. The van der Waals surface area contributed by atoms with Gasteiger partial charge in [0.15, 0.2) is 0 Å². The molecule has 2 unspecified atom stereocenters. The van der Waals surface area contributed by atoms with Gasteiger partial charge in [0.1, 0.15) is 18.0 Å². The number of ether oxygens (including phenoxy) is 1. The van der Waals surface area contributed by atoms with Gasteiger partial charge in [0.2, 0.25) is 0 Å². The van der Waals surface area contributed by atoms with Crippen LogP contribution in [-0.2, 0) is 0 Å². The maximum atomic E-state index is 10.6. The van der Waals surface area contributed by atoms with E-state index in [0.29, 0.717) is 13.1 Å². The van der Waals surface area contributed by atoms with Crippen LogP contribution in [0, 0.1) is 10.1 Å². The van der Waals surface area contributed by atoms with Crippen LogP contribution in [0.5, 0.6) is 5.75 Å². The summed E-state index contributed by atoms with van der Waals surface area (Å²) in [5.41, 5.74) is -0.0927. The van der Waals surface area contributed by atoms with Gasteiger partial charge in [-0.15, -0.1) is 0 Å². The molecule has 1 saturated heterocycles. The number of hydrogen-bond donors (Lipinski definition) is 2. The van der Waals surface area contributed by atoms with Crippen molar-refractivity contribution in [1.82, 2.24) is 5.32 Å². The Balaban J connectivity index is 2.19. The van der Waals surface area contributed by atoms with E-state index < -0.39 is 17.1 Å². The molecule has 7 heteroatoms. The Kier molecular flexibility index (Phi) is 3.46. The van der Waals surface area contributed by atoms with Crippen molar-refractivity contribution in [1.29, 1.82) is 0 Å². The van der Waals surface area contributed by atoms with E-state index in [-0.39, 0.29) is 16.5 Å². The van der Waals surface area contributed by atoms with Crippen LogP contribution in [0.1, 0.15) is 0 Å². The zero-order valence-corrected chi connectivity index (χ0v) is 9.55. The SMILES string of the molecule is O=[N+]([O-])c1ccc(Cl)c(OC2CNCC2O)c1. The molecule has 0 aliphatic carbocycles. The Labute approximate surface area is 102 Å². The molecule has 0 saturated carbocycles. The first-order valence-corrected chi connectivity index (χ1v) is 5.45. The lowest BCUT2D eigenvalue weighted by molar-refractivity contribution is -0.385. The molecule has 0 spiro atoms. The molecule has 2 atom stereocenters. The van der Waals surface area contributed by atoms with Crippen LogP contribution in [0.25, 0.3) is 0 Å². The maximum absolute atomic E-state index is 10.6. The number of nitrogens with zero attached hydrogens (tertiary/aromatic N) is 1. The first-order valence-electron chi connectivity index (χ1n) is 5.07. The summed E-state index contributed by atoms with van der Waals surface area (Å²) in [6.07, 6.45) is -1.07. The smallest absolute Gasteiger partial charge is 0.273 e. The molecule has 6 nitrogen and oxygen atoms in total. The van der Waals surface area contributed by atoms with Crippen molar-refractivity contribution < 1.29 is 14.8 Å². The third-order valence-corrected chi connectivity index (χ3v) is 2.84. The number of benzene rings is 1. The molecule has 1 aliphatic rings. The predicted molar refractivity (Wildman–Crippen MR) is 61.4 cm³/mol. The van der Waals surface area contributed by atoms with Gasteiger partial charge in [-0.2, -0.15) is 0 Å². The highest BCUT2D eigenvalue weighted by Crippen LogP contribution is 2.30. The highest BCUT2D eigenvalue weighted by atomic mass is 35.5. The molecule has 1 heterocycles. The number of non-ortho nitro benzene ring substituents is 1. The summed E-state index contributed by atoms with van der Waals surface area (Å²) < 4.78 is 5.46. The van der Waals surface area contributed by atoms with Gasteiger partial charge < -0.3 is 15.2 Å². The second-order valence-corrected chi connectivity index (χ2v) is 4.16. The van der Waals surface area contributed by atoms with Gasteiger partial charge in [0.05, 0.1) is 16.0 Å². The first-order chi connectivity index (χ1) is 8.08. The van der Waals surface area contributed by atoms with Gasteiger partial charge >= 0.3 is 0 Å². The molecule has 1 aliphatic heterocycles. The molecule has 1 aromatic rings. The van der Waals surface area contributed by atoms with Gasteiger partial charge in [-0.05, 0) is 6.07 Å². The summed E-state index contributed by atoms with van der Waals surface area (Å²) in [5, 5.41) is 23.4. The largest absolute Gasteiger partial charge is 0.485 e. The molecule has 17 heavy (non-hydrogen) atoms. The minimum absolute atomic E-state index is 0.0927. The van der Waals surface area contributed by atoms with E-state index in [9.17, 15) is 15.2 Å². The van der Waals surface area contributed by atoms with Crippen molar-refractivity contribution in [2.45, 2.75) is 12.2 Å². The van der Waals surface area contributed by atoms with Crippen LogP contribution < -0.4 is 10.1 Å². The molecule has 1 aromatic carbocycles. The molecular weight excluding hydrogens is 248 g/mol. The van der Waals surface area contributed by atoms with E-state index in [4.69, 9.17) is 16.3 Å². The van der Waals surface area contributed by atoms with Gasteiger partial charge in [0, 0.05) is 19.2 Å². The molecule has 0 aromatic heterocycles. The second-order valence-electron chi connectivity index (χ2n) is 3.75. The van der Waals surface area contributed by atoms with Crippen molar-refractivity contribution in [2.24, 2.45) is 0 Å². The molecule has 2 rings (SSSR count). The fourth-order valence-corrected chi connectivity index (χ4v) is 1.78. The monoisotopic (exact) mass is 258 g/mol. The number of nitro benzene ring substituents is 1. The third kappa shape index (κ3) is 2.66. The lowest BCUT2D eigenvalue weighted by Crippen LogP contribution is -2.29. The fraction of sp³-hybridized carbons (Fsp3) is 0.400. The van der Waals surface area contributed by atoms with Crippen molar-refractivity contribution in [3.63, 3.8) is 0 Å². The number of aliphatic hydroxyl groups excluding tert-OH is 1. The summed E-state index contributed by atoms with van der Waals surface area (Å²) in [4.78, 5) is 10.1. The average Bonchev–Trinajstić information content (AvgIpc) is 2.67. The van der Waals surface area contributed by atoms with E-state index in [1.54, 1.807) is 0 Å². The number of aliphatic hydroxyl groups is 1. The number of β-amino-alcohol motifs (C(OH)–C–C–N with tert-alkyl or cyclic N) is 1. The van der Waals surface area contributed by atoms with E-state index >= 15 is 0 Å². The van der Waals surface area contributed by atoms with Gasteiger partial charge in [0.25, 0.3) is 5.69 Å². The zero-order valence-electron chi connectivity index (χ0n) is 8.80. The number of halogens is 1. The predicted octanol–water partition coefficient (Wildman–Crippen LogP) is 0.960. The van der Waals surface area contributed by atoms with Gasteiger partial charge in [-0.3, -0.25) is 10.1 Å². The second kappa shape index (κ2) is 4.87. The minimum atomic E-state index is -0.634. The summed E-state index contributed by atoms with van der Waals surface area (Å²) in [7, 11) is 0. The molecular formula is C10H11ClN2O4. The number of hydrogen-bond acceptors (Lipinski definition) is 5. The maximum Gasteiger partial charge on any atom is 0.273 e. The highest BCUT2D eigenvalue weighted by Gasteiger charge is 2.27. The minimum Gasteiger partial charge on any atom is -0.485 e. The Bertz CT molecular complexity index is 440. The fourth-order valence-electron chi connectivity index (χ4n) is 1.62. The molecule has 0 bridgehead atoms. The van der Waals surface area contributed by atoms with Crippen molar-refractivity contribution in [3.05, 3.63) is 33.3 Å². The lowest BCUT2D eigenvalue weighted by atomic mass is 10.2. The topological polar surface area (TPSA) is 84.6 Å². The lowest BCUT2D eigenvalue weighted by Gasteiger charge is -2.16. The standard InChI is InChI=1S/C10H11ClN2O4/c11-7-2-1-6(13(15)16)3-9(7)17-10-5-12-4-8(10)14/h1-3,8,10,12,14H,4-5H2. The van der Waals surface area contributed by atoms with Gasteiger partial charge in [-0.25, -0.2) is 0 Å². The van der Waals surface area contributed by atoms with Gasteiger partial charge in [-0.1, -0.05) is 11.6 Å². The number of nitro groups is 1. The molecule has 1 fully saturated rings. The van der Waals surface area contributed by atoms with Crippen LogP contribution in [0.4, 0.5) is 5.69 Å². The average molecular weight is 259 g/mol. The number of rotatable bonds is 3. The Morgan fingerprint density at radius 3 is 2.88 bits per heavy atom. The van der Waals surface area contributed by atoms with E-state index in [0.717, 1.165) is 0 Å². The van der Waals surface area contributed by atoms with Crippen LogP contribution in [0.2, 0.25) is 5.02 Å².